The van der Waals surface area contributed by atoms with Crippen molar-refractivity contribution >= 4 is 19.8 Å². The summed E-state index contributed by atoms with van der Waals surface area (Å²) in [6.07, 6.45) is 4.45. The van der Waals surface area contributed by atoms with Gasteiger partial charge in [-0.05, 0) is 6.42 Å². The van der Waals surface area contributed by atoms with E-state index in [0.717, 1.165) is 19.3 Å². The van der Waals surface area contributed by atoms with E-state index in [1.165, 1.54) is 57.8 Å². The molecule has 1 aliphatic heterocycles. The summed E-state index contributed by atoms with van der Waals surface area (Å²) < 4.78 is 36.7. The van der Waals surface area contributed by atoms with Crippen molar-refractivity contribution in [2.24, 2.45) is 0 Å². The number of unbranched alkanes of at least 4 members (excludes halogenated alkanes) is 12. The lowest BCUT2D eigenvalue weighted by Gasteiger charge is -2.43. The zero-order chi connectivity index (χ0) is 35.3. The molecule has 0 aromatic heterocycles. The highest BCUT2D eigenvalue weighted by atomic mass is 31.2. The molecule has 0 aliphatic carbocycles. The van der Waals surface area contributed by atoms with Crippen LogP contribution in [0.25, 0.3) is 0 Å². The molecule has 47 heavy (non-hydrogen) atoms. The smallest absolute Gasteiger partial charge is 0.472 e. The van der Waals surface area contributed by atoms with Crippen molar-refractivity contribution in [3.63, 3.8) is 0 Å². The van der Waals surface area contributed by atoms with E-state index < -0.39 is 102 Å². The number of carbonyl (C=O) groups is 2. The Morgan fingerprint density at radius 3 is 1.81 bits per heavy atom. The van der Waals surface area contributed by atoms with Crippen molar-refractivity contribution in [2.75, 3.05) is 33.0 Å². The fourth-order valence-electron chi connectivity index (χ4n) is 4.93. The topological polar surface area (TPSA) is 259 Å². The highest BCUT2D eigenvalue weighted by molar-refractivity contribution is 7.47. The van der Waals surface area contributed by atoms with Crippen LogP contribution < -0.4 is 0 Å². The van der Waals surface area contributed by atoms with Crippen LogP contribution in [-0.2, 0) is 37.4 Å². The second-order valence-corrected chi connectivity index (χ2v) is 13.5. The number of aliphatic hydroxyl groups is 6. The summed E-state index contributed by atoms with van der Waals surface area (Å²) in [5, 5.41) is 68.6. The highest BCUT2D eigenvalue weighted by Gasteiger charge is 2.54. The van der Waals surface area contributed by atoms with E-state index in [2.05, 4.69) is 16.0 Å². The van der Waals surface area contributed by atoms with Crippen LogP contribution in [0.15, 0.2) is 0 Å². The molecule has 0 spiro atoms. The average molecular weight is 705 g/mol. The molecule has 0 aromatic rings. The quantitative estimate of drug-likeness (QED) is 0.0326. The van der Waals surface area contributed by atoms with Crippen LogP contribution in [0, 0.1) is 0 Å². The normalized spacial score (nSPS) is 24.7. The van der Waals surface area contributed by atoms with Gasteiger partial charge in [0, 0.05) is 12.8 Å². The van der Waals surface area contributed by atoms with Crippen molar-refractivity contribution in [3.8, 4) is 0 Å². The minimum absolute atomic E-state index is 0.184. The first kappa shape index (κ1) is 43.8. The number of carboxylic acids is 1. The number of carboxylic acid groups (broad SMARTS) is 1. The summed E-state index contributed by atoms with van der Waals surface area (Å²) in [7, 11) is -4.83. The molecule has 0 radical (unpaired) electrons. The van der Waals surface area contributed by atoms with Gasteiger partial charge in [0.05, 0.1) is 32.5 Å². The highest BCUT2D eigenvalue weighted by Crippen LogP contribution is 2.43. The van der Waals surface area contributed by atoms with Crippen molar-refractivity contribution in [2.45, 2.75) is 146 Å². The maximum Gasteiger partial charge on any atom is 0.472 e. The van der Waals surface area contributed by atoms with Gasteiger partial charge in [0.25, 0.3) is 5.79 Å². The lowest BCUT2D eigenvalue weighted by Crippen LogP contribution is -2.63. The van der Waals surface area contributed by atoms with Gasteiger partial charge >= 0.3 is 19.8 Å². The zero-order valence-corrected chi connectivity index (χ0v) is 28.3. The van der Waals surface area contributed by atoms with Gasteiger partial charge in [-0.3, -0.25) is 13.8 Å². The Morgan fingerprint density at radius 1 is 0.830 bits per heavy atom. The number of aliphatic carboxylic acids is 1. The number of rotatable bonds is 28. The molecular weight excluding hydrogens is 647 g/mol. The van der Waals surface area contributed by atoms with Crippen molar-refractivity contribution in [1.82, 2.24) is 0 Å². The first-order valence-electron chi connectivity index (χ1n) is 16.6. The number of hydrogen-bond donors (Lipinski definition) is 8. The van der Waals surface area contributed by atoms with Crippen LogP contribution in [-0.4, -0.2) is 128 Å². The first-order valence-corrected chi connectivity index (χ1v) is 18.1. The maximum atomic E-state index is 12.1. The van der Waals surface area contributed by atoms with Crippen LogP contribution in [0.4, 0.5) is 0 Å². The third-order valence-corrected chi connectivity index (χ3v) is 8.67. The van der Waals surface area contributed by atoms with Crippen LogP contribution in [0.2, 0.25) is 0 Å². The van der Waals surface area contributed by atoms with Crippen LogP contribution in [0.3, 0.4) is 0 Å². The molecule has 16 nitrogen and oxygen atoms in total. The molecule has 1 aliphatic rings. The number of phosphoric ester groups is 1. The fraction of sp³-hybridized carbons (Fsp3) is 0.933. The van der Waals surface area contributed by atoms with Gasteiger partial charge in [0.2, 0.25) is 0 Å². The second kappa shape index (κ2) is 24.0. The molecular formula is C30H57O16P. The molecule has 1 saturated heterocycles. The molecule has 1 rings (SSSR count). The number of carbonyl (C=O) groups excluding carboxylic acids is 1. The number of phosphoric acid groups is 1. The largest absolute Gasteiger partial charge is 0.477 e. The van der Waals surface area contributed by atoms with E-state index >= 15 is 0 Å². The summed E-state index contributed by atoms with van der Waals surface area (Å²) in [5.74, 6) is -4.94. The average Bonchev–Trinajstić information content (AvgIpc) is 3.04. The standard InChI is InChI=1S/C30H57O16P/c1-2-3-4-5-6-7-8-9-10-11-12-13-14-15-26(36)42-18-22(32)20-44-47(40,41)45-21-23(33)19-43-30(29(38)39)16-24(34)27(37)28(46-30)25(35)17-31/h22-25,27-28,31-35,37H,2-21H2,1H3,(H,38,39)(H,40,41)/t22-,23?,24-,25-,27-,28-,30+/m1/s1. The number of esters is 1. The zero-order valence-electron chi connectivity index (χ0n) is 27.4. The first-order chi connectivity index (χ1) is 22.3. The summed E-state index contributed by atoms with van der Waals surface area (Å²) in [6.45, 7) is -1.69. The van der Waals surface area contributed by atoms with E-state index in [0.29, 0.717) is 6.42 Å². The van der Waals surface area contributed by atoms with Crippen LogP contribution in [0.5, 0.6) is 0 Å². The number of aliphatic hydroxyl groups excluding tert-OH is 6. The van der Waals surface area contributed by atoms with Gasteiger partial charge in [-0.15, -0.1) is 0 Å². The van der Waals surface area contributed by atoms with E-state index in [1.54, 1.807) is 0 Å². The van der Waals surface area contributed by atoms with E-state index in [1.807, 2.05) is 0 Å². The van der Waals surface area contributed by atoms with E-state index in [9.17, 15) is 49.7 Å². The predicted octanol–water partition coefficient (Wildman–Crippen LogP) is 1.53. The maximum absolute atomic E-state index is 12.1. The Labute approximate surface area is 276 Å². The fourth-order valence-corrected chi connectivity index (χ4v) is 5.72. The molecule has 0 bridgehead atoms. The molecule has 17 heteroatoms. The van der Waals surface area contributed by atoms with Gasteiger partial charge in [-0.25, -0.2) is 9.36 Å². The van der Waals surface area contributed by atoms with Crippen LogP contribution >= 0.6 is 7.82 Å². The second-order valence-electron chi connectivity index (χ2n) is 12.0. The van der Waals surface area contributed by atoms with Gasteiger partial charge in [-0.1, -0.05) is 84.0 Å². The van der Waals surface area contributed by atoms with E-state index in [-0.39, 0.29) is 6.42 Å². The molecule has 8 N–H and O–H groups in total. The Hall–Kier alpha value is -1.27. The van der Waals surface area contributed by atoms with Gasteiger partial charge in [0.1, 0.15) is 37.1 Å². The van der Waals surface area contributed by atoms with E-state index in [4.69, 9.17) is 19.3 Å². The third kappa shape index (κ3) is 18.3. The Kier molecular flexibility index (Phi) is 22.3. The summed E-state index contributed by atoms with van der Waals surface area (Å²) in [5.41, 5.74) is 0. The Balaban J connectivity index is 2.23. The summed E-state index contributed by atoms with van der Waals surface area (Å²) >= 11 is 0. The predicted molar refractivity (Wildman–Crippen MR) is 166 cm³/mol. The van der Waals surface area contributed by atoms with Crippen molar-refractivity contribution in [3.05, 3.63) is 0 Å². The van der Waals surface area contributed by atoms with Crippen molar-refractivity contribution in [1.29, 1.82) is 0 Å². The molecule has 2 unspecified atom stereocenters. The molecule has 0 amide bonds. The van der Waals surface area contributed by atoms with Gasteiger partial charge < -0.3 is 54.8 Å². The minimum Gasteiger partial charge on any atom is -0.477 e. The van der Waals surface area contributed by atoms with Crippen LogP contribution in [0.1, 0.15) is 103 Å². The summed E-state index contributed by atoms with van der Waals surface area (Å²) in [4.78, 5) is 33.6. The summed E-state index contributed by atoms with van der Waals surface area (Å²) in [6, 6.07) is 0. The third-order valence-electron chi connectivity index (χ3n) is 7.72. The van der Waals surface area contributed by atoms with Crippen molar-refractivity contribution < 1.29 is 78.1 Å². The molecule has 0 aromatic carbocycles. The lowest BCUT2D eigenvalue weighted by molar-refractivity contribution is -0.327. The monoisotopic (exact) mass is 704 g/mol. The molecule has 1 heterocycles. The number of hydrogen-bond acceptors (Lipinski definition) is 14. The lowest BCUT2D eigenvalue weighted by atomic mass is 9.92. The molecule has 278 valence electrons. The molecule has 1 fully saturated rings. The van der Waals surface area contributed by atoms with Gasteiger partial charge in [0.15, 0.2) is 0 Å². The Bertz CT molecular complexity index is 909. The SMILES string of the molecule is CCCCCCCCCCCCCCCC(=O)OC[C@@H](O)COP(=O)(O)OCC(O)CO[C@@]1(C(=O)O)C[C@@H](O)[C@@H](O)[C@@H]([C@H](O)CO)O1. The molecule has 0 saturated carbocycles. The molecule has 8 atom stereocenters. The minimum atomic E-state index is -4.83. The number of ether oxygens (including phenoxy) is 3. The van der Waals surface area contributed by atoms with Gasteiger partial charge in [-0.2, -0.15) is 0 Å². The Morgan fingerprint density at radius 2 is 1.32 bits per heavy atom.